The summed E-state index contributed by atoms with van der Waals surface area (Å²) in [7, 11) is 0. The molecule has 0 radical (unpaired) electrons. The average Bonchev–Trinajstić information content (AvgIpc) is 3.14. The molecule has 0 bridgehead atoms. The van der Waals surface area contributed by atoms with Crippen LogP contribution < -0.4 is 16.2 Å². The van der Waals surface area contributed by atoms with Crippen molar-refractivity contribution in [3.63, 3.8) is 0 Å². The molecule has 1 aromatic carbocycles. The van der Waals surface area contributed by atoms with E-state index in [1.54, 1.807) is 4.52 Å². The summed E-state index contributed by atoms with van der Waals surface area (Å²) in [5.74, 6) is 1.22. The molecule has 7 heteroatoms. The summed E-state index contributed by atoms with van der Waals surface area (Å²) >= 11 is 0. The van der Waals surface area contributed by atoms with E-state index >= 15 is 0 Å². The van der Waals surface area contributed by atoms with Crippen molar-refractivity contribution in [1.82, 2.24) is 24.9 Å². The number of anilines is 1. The first-order valence-electron chi connectivity index (χ1n) is 11.5. The number of nitrogens with one attached hydrogen (secondary N) is 3. The smallest absolute Gasteiger partial charge is 0.266 e. The number of aromatic nitrogens is 4. The van der Waals surface area contributed by atoms with Crippen LogP contribution in [-0.2, 0) is 5.41 Å². The number of fused-ring (bicyclic) bond motifs is 1. The van der Waals surface area contributed by atoms with Gasteiger partial charge in [0.2, 0.25) is 5.95 Å². The Labute approximate surface area is 183 Å². The summed E-state index contributed by atoms with van der Waals surface area (Å²) in [5, 5.41) is 9.84. The molecule has 1 aliphatic carbocycles. The highest BCUT2D eigenvalue weighted by atomic mass is 16.1. The van der Waals surface area contributed by atoms with Crippen LogP contribution in [0.15, 0.2) is 35.1 Å². The van der Waals surface area contributed by atoms with Crippen LogP contribution in [-0.4, -0.2) is 38.7 Å². The average molecular weight is 423 g/mol. The molecular formula is C24H34N6O. The van der Waals surface area contributed by atoms with Crippen LogP contribution in [0.3, 0.4) is 0 Å². The van der Waals surface area contributed by atoms with E-state index in [0.29, 0.717) is 23.5 Å². The maximum absolute atomic E-state index is 11.9. The van der Waals surface area contributed by atoms with Crippen molar-refractivity contribution >= 4 is 11.6 Å². The van der Waals surface area contributed by atoms with E-state index in [0.717, 1.165) is 25.1 Å². The summed E-state index contributed by atoms with van der Waals surface area (Å²) in [4.78, 5) is 21.2. The van der Waals surface area contributed by atoms with Crippen molar-refractivity contribution in [3.8, 4) is 11.4 Å². The summed E-state index contributed by atoms with van der Waals surface area (Å²) in [6.45, 7) is 8.34. The summed E-state index contributed by atoms with van der Waals surface area (Å²) < 4.78 is 1.63. The van der Waals surface area contributed by atoms with Crippen LogP contribution >= 0.6 is 0 Å². The molecule has 3 N–H and O–H groups in total. The van der Waals surface area contributed by atoms with E-state index in [1.807, 2.05) is 0 Å². The van der Waals surface area contributed by atoms with Crippen LogP contribution in [0.4, 0.5) is 5.95 Å². The third-order valence-corrected chi connectivity index (χ3v) is 6.04. The predicted octanol–water partition coefficient (Wildman–Crippen LogP) is 4.11. The molecule has 0 saturated heterocycles. The van der Waals surface area contributed by atoms with Crippen molar-refractivity contribution in [3.05, 3.63) is 46.2 Å². The minimum Gasteiger partial charge on any atom is -0.354 e. The van der Waals surface area contributed by atoms with E-state index in [-0.39, 0.29) is 11.0 Å². The Morgan fingerprint density at radius 1 is 1.06 bits per heavy atom. The zero-order valence-electron chi connectivity index (χ0n) is 18.9. The molecule has 1 aliphatic rings. The molecule has 166 valence electrons. The van der Waals surface area contributed by atoms with Crippen LogP contribution in [0.25, 0.3) is 17.0 Å². The molecule has 0 unspecified atom stereocenters. The van der Waals surface area contributed by atoms with Gasteiger partial charge in [-0.25, -0.2) is 9.50 Å². The van der Waals surface area contributed by atoms with Crippen molar-refractivity contribution in [2.45, 2.75) is 70.8 Å². The Hall–Kier alpha value is -2.67. The van der Waals surface area contributed by atoms with Gasteiger partial charge in [-0.15, -0.1) is 0 Å². The summed E-state index contributed by atoms with van der Waals surface area (Å²) in [5.41, 5.74) is 2.68. The second kappa shape index (κ2) is 9.22. The van der Waals surface area contributed by atoms with Gasteiger partial charge in [0.15, 0.2) is 11.5 Å². The van der Waals surface area contributed by atoms with Crippen LogP contribution in [0.5, 0.6) is 0 Å². The first-order valence-corrected chi connectivity index (χ1v) is 11.5. The third kappa shape index (κ3) is 5.34. The van der Waals surface area contributed by atoms with Gasteiger partial charge in [0.05, 0.1) is 0 Å². The first kappa shape index (κ1) is 21.6. The molecule has 0 spiro atoms. The Balaban J connectivity index is 1.46. The lowest BCUT2D eigenvalue weighted by atomic mass is 9.87. The maximum atomic E-state index is 11.9. The molecule has 31 heavy (non-hydrogen) atoms. The Kier molecular flexibility index (Phi) is 6.41. The van der Waals surface area contributed by atoms with Gasteiger partial charge >= 0.3 is 0 Å². The Bertz CT molecular complexity index is 1050. The van der Waals surface area contributed by atoms with Crippen molar-refractivity contribution in [2.75, 3.05) is 18.4 Å². The second-order valence-electron chi connectivity index (χ2n) is 9.58. The highest BCUT2D eigenvalue weighted by Crippen LogP contribution is 2.25. The monoisotopic (exact) mass is 422 g/mol. The largest absolute Gasteiger partial charge is 0.354 e. The molecular weight excluding hydrogens is 388 g/mol. The number of H-pyrrole nitrogens is 1. The summed E-state index contributed by atoms with van der Waals surface area (Å²) in [6, 6.07) is 10.5. The molecule has 0 atom stereocenters. The lowest BCUT2D eigenvalue weighted by Crippen LogP contribution is -2.32. The molecule has 0 aliphatic heterocycles. The quantitative estimate of drug-likeness (QED) is 0.499. The predicted molar refractivity (Wildman–Crippen MR) is 126 cm³/mol. The first-order chi connectivity index (χ1) is 14.9. The van der Waals surface area contributed by atoms with Crippen molar-refractivity contribution in [2.24, 2.45) is 0 Å². The highest BCUT2D eigenvalue weighted by Gasteiger charge is 2.15. The van der Waals surface area contributed by atoms with E-state index in [4.69, 9.17) is 4.98 Å². The summed E-state index contributed by atoms with van der Waals surface area (Å²) in [6.07, 6.45) is 7.64. The fourth-order valence-corrected chi connectivity index (χ4v) is 4.18. The number of benzene rings is 1. The minimum atomic E-state index is -0.184. The van der Waals surface area contributed by atoms with Gasteiger partial charge in [-0.2, -0.15) is 4.98 Å². The molecule has 4 rings (SSSR count). The fraction of sp³-hybridized carbons (Fsp3) is 0.542. The third-order valence-electron chi connectivity index (χ3n) is 6.04. The number of aromatic amines is 1. The Morgan fingerprint density at radius 3 is 2.52 bits per heavy atom. The van der Waals surface area contributed by atoms with Gasteiger partial charge in [0.1, 0.15) is 0 Å². The van der Waals surface area contributed by atoms with Gasteiger partial charge in [-0.05, 0) is 36.8 Å². The number of hydrogen-bond acceptors (Lipinski definition) is 5. The molecule has 1 saturated carbocycles. The van der Waals surface area contributed by atoms with E-state index < -0.39 is 0 Å². The van der Waals surface area contributed by atoms with Gasteiger partial charge in [0.25, 0.3) is 5.56 Å². The Morgan fingerprint density at radius 2 is 1.81 bits per heavy atom. The lowest BCUT2D eigenvalue weighted by Gasteiger charge is -2.22. The maximum Gasteiger partial charge on any atom is 0.266 e. The van der Waals surface area contributed by atoms with E-state index in [1.165, 1.54) is 43.7 Å². The van der Waals surface area contributed by atoms with E-state index in [2.05, 4.69) is 65.8 Å². The zero-order chi connectivity index (χ0) is 21.8. The van der Waals surface area contributed by atoms with Gasteiger partial charge in [-0.3, -0.25) is 9.89 Å². The van der Waals surface area contributed by atoms with E-state index in [9.17, 15) is 4.79 Å². The van der Waals surface area contributed by atoms with Gasteiger partial charge < -0.3 is 10.6 Å². The topological polar surface area (TPSA) is 87.1 Å². The van der Waals surface area contributed by atoms with Gasteiger partial charge in [0, 0.05) is 24.2 Å². The van der Waals surface area contributed by atoms with Crippen LogP contribution in [0, 0.1) is 0 Å². The van der Waals surface area contributed by atoms with Crippen molar-refractivity contribution in [1.29, 1.82) is 0 Å². The highest BCUT2D eigenvalue weighted by molar-refractivity contribution is 5.60. The fourth-order valence-electron chi connectivity index (χ4n) is 4.18. The normalized spacial score (nSPS) is 15.5. The molecule has 1 fully saturated rings. The van der Waals surface area contributed by atoms with Crippen LogP contribution in [0.1, 0.15) is 64.9 Å². The molecule has 0 amide bonds. The van der Waals surface area contributed by atoms with Crippen molar-refractivity contribution < 1.29 is 0 Å². The number of nitrogens with zero attached hydrogens (tertiary/aromatic N) is 3. The SMILES string of the molecule is CC(C)(C)c1ccc(-c2nc(NCCCNC3CCCCC3)n3[nH]c(=O)cc3n2)cc1. The second-order valence-corrected chi connectivity index (χ2v) is 9.58. The molecule has 2 heterocycles. The zero-order valence-corrected chi connectivity index (χ0v) is 18.9. The minimum absolute atomic E-state index is 0.0929. The number of rotatable bonds is 7. The molecule has 3 aromatic rings. The standard InChI is InChI=1S/C24H34N6O/c1-24(2,3)18-12-10-17(11-13-18)22-27-20-16-21(31)29-30(20)23(28-22)26-15-7-14-25-19-8-5-4-6-9-19/h10-13,16,19,25H,4-9,14-15H2,1-3H3,(H,29,31)(H,26,27,28). The molecule has 2 aromatic heterocycles. The number of hydrogen-bond donors (Lipinski definition) is 3. The molecule has 7 nitrogen and oxygen atoms in total. The van der Waals surface area contributed by atoms with Crippen LogP contribution in [0.2, 0.25) is 0 Å². The van der Waals surface area contributed by atoms with Gasteiger partial charge in [-0.1, -0.05) is 64.3 Å². The lowest BCUT2D eigenvalue weighted by molar-refractivity contribution is 0.373.